The Morgan fingerprint density at radius 1 is 0.923 bits per heavy atom. The molecule has 0 fully saturated rings. The molecule has 7 heteroatoms. The summed E-state index contributed by atoms with van der Waals surface area (Å²) in [5, 5.41) is 15.0. The minimum atomic E-state index is -0.0323. The molecule has 0 spiro atoms. The molecule has 0 aliphatic heterocycles. The molecule has 1 heterocycles. The van der Waals surface area contributed by atoms with Crippen molar-refractivity contribution in [2.24, 2.45) is 11.5 Å². The number of aromatic nitrogens is 2. The van der Waals surface area contributed by atoms with Gasteiger partial charge in [0.25, 0.3) is 0 Å². The molecule has 6 N–H and O–H groups in total. The minimum absolute atomic E-state index is 0.0234. The Morgan fingerprint density at radius 2 is 1.58 bits per heavy atom. The topological polar surface area (TPSA) is 135 Å². The van der Waals surface area contributed by atoms with Gasteiger partial charge in [0.1, 0.15) is 17.4 Å². The smallest absolute Gasteiger partial charge is 0.163 e. The molecule has 0 radical (unpaired) electrons. The monoisotopic (exact) mass is 346 g/mol. The number of hydrogen-bond donors (Lipinski definition) is 4. The predicted molar refractivity (Wildman–Crippen MR) is 101 cm³/mol. The van der Waals surface area contributed by atoms with E-state index in [2.05, 4.69) is 9.97 Å². The minimum Gasteiger partial charge on any atom is -0.496 e. The molecular formula is C19H18N6O. The van der Waals surface area contributed by atoms with Crippen molar-refractivity contribution in [3.05, 3.63) is 65.9 Å². The van der Waals surface area contributed by atoms with Gasteiger partial charge in [-0.05, 0) is 18.2 Å². The number of nitrogens with two attached hydrogens (primary N) is 2. The second kappa shape index (κ2) is 7.02. The van der Waals surface area contributed by atoms with E-state index in [1.807, 2.05) is 18.2 Å². The Hall–Kier alpha value is -3.74. The first-order valence-corrected chi connectivity index (χ1v) is 7.80. The predicted octanol–water partition coefficient (Wildman–Crippen LogP) is 2.39. The van der Waals surface area contributed by atoms with Crippen molar-refractivity contribution in [2.45, 2.75) is 0 Å². The van der Waals surface area contributed by atoms with Gasteiger partial charge in [0.15, 0.2) is 5.82 Å². The third kappa shape index (κ3) is 3.36. The van der Waals surface area contributed by atoms with Crippen LogP contribution in [0.15, 0.2) is 54.7 Å². The molecule has 26 heavy (non-hydrogen) atoms. The van der Waals surface area contributed by atoms with Crippen LogP contribution < -0.4 is 16.2 Å². The highest BCUT2D eigenvalue weighted by Crippen LogP contribution is 2.29. The Kier molecular flexibility index (Phi) is 4.62. The first-order chi connectivity index (χ1) is 12.5. The molecule has 0 aliphatic carbocycles. The highest BCUT2D eigenvalue weighted by Gasteiger charge is 2.12. The average Bonchev–Trinajstić information content (AvgIpc) is 2.67. The SMILES string of the molecule is COc1cc(C(=N)N)ccc1-c1nccc(-c2ccc(C(=N)N)cc2)n1. The van der Waals surface area contributed by atoms with E-state index in [0.29, 0.717) is 28.3 Å². The van der Waals surface area contributed by atoms with E-state index >= 15 is 0 Å². The van der Waals surface area contributed by atoms with Crippen molar-refractivity contribution >= 4 is 11.7 Å². The van der Waals surface area contributed by atoms with Crippen LogP contribution >= 0.6 is 0 Å². The van der Waals surface area contributed by atoms with Gasteiger partial charge in [-0.25, -0.2) is 9.97 Å². The summed E-state index contributed by atoms with van der Waals surface area (Å²) in [5.74, 6) is 1.04. The lowest BCUT2D eigenvalue weighted by molar-refractivity contribution is 0.416. The zero-order chi connectivity index (χ0) is 18.7. The lowest BCUT2D eigenvalue weighted by Gasteiger charge is -2.10. The maximum Gasteiger partial charge on any atom is 0.163 e. The van der Waals surface area contributed by atoms with Gasteiger partial charge in [0.05, 0.1) is 18.4 Å². The van der Waals surface area contributed by atoms with Crippen LogP contribution in [-0.4, -0.2) is 28.7 Å². The zero-order valence-corrected chi connectivity index (χ0v) is 14.2. The molecule has 0 atom stereocenters. The van der Waals surface area contributed by atoms with Crippen molar-refractivity contribution in [3.8, 4) is 28.4 Å². The van der Waals surface area contributed by atoms with E-state index in [1.165, 1.54) is 0 Å². The number of nitrogen functional groups attached to an aromatic ring is 2. The van der Waals surface area contributed by atoms with Crippen LogP contribution in [0.25, 0.3) is 22.6 Å². The molecule has 1 aromatic heterocycles. The summed E-state index contributed by atoms with van der Waals surface area (Å²) < 4.78 is 5.41. The quantitative estimate of drug-likeness (QED) is 0.415. The summed E-state index contributed by atoms with van der Waals surface area (Å²) >= 11 is 0. The number of methoxy groups -OCH3 is 1. The number of nitrogens with one attached hydrogen (secondary N) is 2. The van der Waals surface area contributed by atoms with Crippen molar-refractivity contribution in [1.82, 2.24) is 9.97 Å². The molecule has 0 saturated carbocycles. The molecule has 0 unspecified atom stereocenters. The lowest BCUT2D eigenvalue weighted by Crippen LogP contribution is -2.11. The summed E-state index contributed by atoms with van der Waals surface area (Å²) in [6.07, 6.45) is 1.68. The van der Waals surface area contributed by atoms with E-state index in [1.54, 1.807) is 43.6 Å². The van der Waals surface area contributed by atoms with E-state index < -0.39 is 0 Å². The molecule has 130 valence electrons. The number of nitrogens with zero attached hydrogens (tertiary/aromatic N) is 2. The van der Waals surface area contributed by atoms with E-state index in [-0.39, 0.29) is 11.7 Å². The lowest BCUT2D eigenvalue weighted by atomic mass is 10.1. The molecule has 0 aliphatic rings. The van der Waals surface area contributed by atoms with Gasteiger partial charge in [-0.3, -0.25) is 10.8 Å². The normalized spacial score (nSPS) is 10.3. The second-order valence-electron chi connectivity index (χ2n) is 5.59. The molecule has 0 amide bonds. The van der Waals surface area contributed by atoms with Gasteiger partial charge >= 0.3 is 0 Å². The molecule has 0 bridgehead atoms. The fourth-order valence-corrected chi connectivity index (χ4v) is 2.51. The Balaban J connectivity index is 2.02. The summed E-state index contributed by atoms with van der Waals surface area (Å²) in [7, 11) is 1.55. The maximum atomic E-state index is 7.54. The van der Waals surface area contributed by atoms with Crippen molar-refractivity contribution in [1.29, 1.82) is 10.8 Å². The van der Waals surface area contributed by atoms with Gasteiger partial charge in [-0.1, -0.05) is 30.3 Å². The molecule has 0 saturated heterocycles. The van der Waals surface area contributed by atoms with E-state index in [0.717, 1.165) is 11.3 Å². The van der Waals surface area contributed by atoms with Crippen LogP contribution in [-0.2, 0) is 0 Å². The first kappa shape index (κ1) is 17.1. The van der Waals surface area contributed by atoms with Gasteiger partial charge in [-0.15, -0.1) is 0 Å². The van der Waals surface area contributed by atoms with E-state index in [9.17, 15) is 0 Å². The first-order valence-electron chi connectivity index (χ1n) is 7.80. The standard InChI is InChI=1S/C19H18N6O/c1-26-16-10-13(18(22)23)6-7-14(16)19-24-9-8-15(25-19)11-2-4-12(5-3-11)17(20)21/h2-10H,1H3,(H3,20,21)(H3,22,23). The third-order valence-electron chi connectivity index (χ3n) is 3.90. The van der Waals surface area contributed by atoms with Crippen molar-refractivity contribution < 1.29 is 4.74 Å². The average molecular weight is 346 g/mol. The fraction of sp³-hybridized carbons (Fsp3) is 0.0526. The number of amidine groups is 2. The van der Waals surface area contributed by atoms with Gasteiger partial charge in [-0.2, -0.15) is 0 Å². The van der Waals surface area contributed by atoms with Crippen LogP contribution in [0.1, 0.15) is 11.1 Å². The Bertz CT molecular complexity index is 982. The number of rotatable bonds is 5. The molecule has 2 aromatic carbocycles. The number of benzene rings is 2. The van der Waals surface area contributed by atoms with Crippen LogP contribution in [0.2, 0.25) is 0 Å². The Labute approximate surface area is 150 Å². The van der Waals surface area contributed by atoms with Crippen LogP contribution in [0.5, 0.6) is 5.75 Å². The zero-order valence-electron chi connectivity index (χ0n) is 14.2. The van der Waals surface area contributed by atoms with Crippen LogP contribution in [0, 0.1) is 10.8 Å². The van der Waals surface area contributed by atoms with Gasteiger partial charge in [0.2, 0.25) is 0 Å². The van der Waals surface area contributed by atoms with Crippen LogP contribution in [0.3, 0.4) is 0 Å². The number of ether oxygens (including phenoxy) is 1. The highest BCUT2D eigenvalue weighted by molar-refractivity contribution is 5.96. The maximum absolute atomic E-state index is 7.54. The van der Waals surface area contributed by atoms with Gasteiger partial charge < -0.3 is 16.2 Å². The molecule has 7 nitrogen and oxygen atoms in total. The van der Waals surface area contributed by atoms with Crippen molar-refractivity contribution in [2.75, 3.05) is 7.11 Å². The summed E-state index contributed by atoms with van der Waals surface area (Å²) in [5.41, 5.74) is 14.6. The largest absolute Gasteiger partial charge is 0.496 e. The fourth-order valence-electron chi connectivity index (χ4n) is 2.51. The molecule has 3 rings (SSSR count). The summed E-state index contributed by atoms with van der Waals surface area (Å²) in [4.78, 5) is 8.94. The molecule has 3 aromatic rings. The molecular weight excluding hydrogens is 328 g/mol. The Morgan fingerprint density at radius 3 is 2.19 bits per heavy atom. The second-order valence-corrected chi connectivity index (χ2v) is 5.59. The number of hydrogen-bond acceptors (Lipinski definition) is 5. The van der Waals surface area contributed by atoms with Crippen molar-refractivity contribution in [3.63, 3.8) is 0 Å². The highest BCUT2D eigenvalue weighted by atomic mass is 16.5. The van der Waals surface area contributed by atoms with E-state index in [4.69, 9.17) is 27.0 Å². The van der Waals surface area contributed by atoms with Crippen LogP contribution in [0.4, 0.5) is 0 Å². The summed E-state index contributed by atoms with van der Waals surface area (Å²) in [6, 6.07) is 14.3. The van der Waals surface area contributed by atoms with Gasteiger partial charge in [0, 0.05) is 22.9 Å². The third-order valence-corrected chi connectivity index (χ3v) is 3.90. The summed E-state index contributed by atoms with van der Waals surface area (Å²) in [6.45, 7) is 0.